The van der Waals surface area contributed by atoms with E-state index in [0.717, 1.165) is 0 Å². The standard InChI is InChI=1S/2C3N3O.Co/c2*4-1-3(2-5)6-7;/q2*-1;+2. The van der Waals surface area contributed by atoms with E-state index >= 15 is 0 Å². The van der Waals surface area contributed by atoms with Crippen molar-refractivity contribution in [2.24, 2.45) is 10.4 Å². The molecule has 9 heteroatoms. The second-order valence-electron chi connectivity index (χ2n) is 1.33. The molecule has 0 aromatic rings. The summed E-state index contributed by atoms with van der Waals surface area (Å²) in [6.07, 6.45) is 0. The Morgan fingerprint density at radius 1 is 0.733 bits per heavy atom. The van der Waals surface area contributed by atoms with E-state index in [1.807, 2.05) is 0 Å². The summed E-state index contributed by atoms with van der Waals surface area (Å²) in [4.78, 5) is 18.5. The van der Waals surface area contributed by atoms with Crippen LogP contribution in [0.3, 0.4) is 0 Å². The monoisotopic (exact) mass is 247 g/mol. The Hall–Kier alpha value is -2.59. The van der Waals surface area contributed by atoms with Gasteiger partial charge in [-0.05, 0) is 12.1 Å². The molecule has 0 aliphatic carbocycles. The average molecular weight is 247 g/mol. The maximum Gasteiger partial charge on any atom is 2.00 e. The first-order valence-electron chi connectivity index (χ1n) is 2.71. The number of nitroso groups, excluding NO2 is 2. The first-order valence-corrected chi connectivity index (χ1v) is 2.71. The quantitative estimate of drug-likeness (QED) is 0.515. The summed E-state index contributed by atoms with van der Waals surface area (Å²) in [5.74, 6) is 0. The van der Waals surface area contributed by atoms with Crippen LogP contribution in [-0.4, -0.2) is 0 Å². The Balaban J connectivity index is -0.000000180. The minimum Gasteiger partial charge on any atom is -0.231 e. The summed E-state index contributed by atoms with van der Waals surface area (Å²) in [5, 5.41) is 35.0. The molecule has 15 heavy (non-hydrogen) atoms. The topological polar surface area (TPSA) is 154 Å². The van der Waals surface area contributed by atoms with Crippen LogP contribution < -0.4 is 0 Å². The van der Waals surface area contributed by atoms with Gasteiger partial charge < -0.3 is 0 Å². The molecule has 0 aromatic heterocycles. The van der Waals surface area contributed by atoms with Gasteiger partial charge in [0.05, 0.1) is 0 Å². The van der Waals surface area contributed by atoms with Crippen LogP contribution in [0.4, 0.5) is 0 Å². The van der Waals surface area contributed by atoms with Gasteiger partial charge in [0.1, 0.15) is 0 Å². The van der Waals surface area contributed by atoms with Crippen LogP contribution in [0.1, 0.15) is 0 Å². The van der Waals surface area contributed by atoms with Crippen LogP contribution in [0.25, 0.3) is 0 Å². The molecule has 8 nitrogen and oxygen atoms in total. The molecule has 0 heterocycles. The van der Waals surface area contributed by atoms with E-state index in [0.29, 0.717) is 0 Å². The van der Waals surface area contributed by atoms with Crippen LogP contribution in [0, 0.1) is 67.2 Å². The van der Waals surface area contributed by atoms with Crippen LogP contribution in [0.15, 0.2) is 10.4 Å². The van der Waals surface area contributed by atoms with Crippen molar-refractivity contribution in [3.8, 4) is 24.3 Å². The Morgan fingerprint density at radius 3 is 0.933 bits per heavy atom. The van der Waals surface area contributed by atoms with Gasteiger partial charge in [0.2, 0.25) is 0 Å². The van der Waals surface area contributed by atoms with E-state index in [2.05, 4.69) is 10.4 Å². The molecule has 0 aliphatic rings. The SMILES string of the molecule is N#C[C-](C#N)N=O.N#C[C-](C#N)N=O.[Co+2]. The number of hydrogen-bond donors (Lipinski definition) is 0. The fourth-order valence-corrected chi connectivity index (χ4v) is 0.132. The summed E-state index contributed by atoms with van der Waals surface area (Å²) in [6, 6.07) is 3.83. The van der Waals surface area contributed by atoms with E-state index in [1.165, 1.54) is 24.3 Å². The van der Waals surface area contributed by atoms with Gasteiger partial charge >= 0.3 is 16.8 Å². The fraction of sp³-hybridized carbons (Fsp3) is 0. The zero-order chi connectivity index (χ0) is 11.4. The van der Waals surface area contributed by atoms with Crippen LogP contribution in [0.2, 0.25) is 0 Å². The minimum absolute atomic E-state index is 0. The van der Waals surface area contributed by atoms with Gasteiger partial charge in [-0.25, -0.2) is 21.0 Å². The largest absolute Gasteiger partial charge is 2.00 e. The summed E-state index contributed by atoms with van der Waals surface area (Å²) in [5.41, 5.74) is 0. The maximum absolute atomic E-state index is 9.24. The smallest absolute Gasteiger partial charge is 0.231 e. The van der Waals surface area contributed by atoms with Crippen LogP contribution in [-0.2, 0) is 16.8 Å². The first kappa shape index (κ1) is 18.2. The van der Waals surface area contributed by atoms with E-state index in [1.54, 1.807) is 0 Å². The van der Waals surface area contributed by atoms with Gasteiger partial charge in [0.25, 0.3) is 0 Å². The molecule has 0 rings (SSSR count). The molecule has 1 radical (unpaired) electrons. The second kappa shape index (κ2) is 14.0. The Morgan fingerprint density at radius 2 is 0.933 bits per heavy atom. The molecule has 0 bridgehead atoms. The molecule has 0 saturated carbocycles. The van der Waals surface area contributed by atoms with E-state index < -0.39 is 12.1 Å². The summed E-state index contributed by atoms with van der Waals surface area (Å²) in [6.45, 7) is 0. The molecule has 0 saturated heterocycles. The van der Waals surface area contributed by atoms with Crippen molar-refractivity contribution in [2.45, 2.75) is 0 Å². The molecule has 0 fully saturated rings. The predicted octanol–water partition coefficient (Wildman–Crippen LogP) is 0.661. The fourth-order valence-electron chi connectivity index (χ4n) is 0.132. The first-order chi connectivity index (χ1) is 6.69. The summed E-state index contributed by atoms with van der Waals surface area (Å²) < 4.78 is 0. The average Bonchev–Trinajstić information content (AvgIpc) is 2.24. The van der Waals surface area contributed by atoms with Crippen molar-refractivity contribution in [1.82, 2.24) is 0 Å². The third kappa shape index (κ3) is 11.4. The van der Waals surface area contributed by atoms with Crippen molar-refractivity contribution in [3.05, 3.63) is 21.9 Å². The van der Waals surface area contributed by atoms with Crippen molar-refractivity contribution in [1.29, 1.82) is 21.0 Å². The van der Waals surface area contributed by atoms with Crippen molar-refractivity contribution in [2.75, 3.05) is 0 Å². The van der Waals surface area contributed by atoms with E-state index in [4.69, 9.17) is 21.0 Å². The maximum atomic E-state index is 9.24. The van der Waals surface area contributed by atoms with E-state index in [-0.39, 0.29) is 16.8 Å². The third-order valence-corrected chi connectivity index (χ3v) is 0.606. The molecular weight excluding hydrogens is 247 g/mol. The normalized spacial score (nSPS) is 5.07. The van der Waals surface area contributed by atoms with Crippen molar-refractivity contribution >= 4 is 0 Å². The van der Waals surface area contributed by atoms with Gasteiger partial charge in [-0.2, -0.15) is 20.2 Å². The molecule has 0 aromatic carbocycles. The Bertz CT molecular complexity index is 292. The molecule has 75 valence electrons. The summed E-state index contributed by atoms with van der Waals surface area (Å²) >= 11 is 0. The van der Waals surface area contributed by atoms with Crippen molar-refractivity contribution in [3.63, 3.8) is 0 Å². The van der Waals surface area contributed by atoms with Crippen LogP contribution >= 0.6 is 0 Å². The zero-order valence-corrected chi connectivity index (χ0v) is 7.87. The number of hydrogen-bond acceptors (Lipinski definition) is 8. The predicted molar refractivity (Wildman–Crippen MR) is 40.5 cm³/mol. The number of nitrogens with zero attached hydrogens (tertiary/aromatic N) is 6. The molecule has 0 atom stereocenters. The molecular formula is C6CoN6O2. The molecule has 0 N–H and O–H groups in total. The molecule has 0 aliphatic heterocycles. The molecule has 0 spiro atoms. The Kier molecular flexibility index (Phi) is 17.0. The summed E-state index contributed by atoms with van der Waals surface area (Å²) in [7, 11) is 0. The van der Waals surface area contributed by atoms with Crippen LogP contribution in [0.5, 0.6) is 0 Å². The Labute approximate surface area is 94.8 Å². The minimum atomic E-state index is -0.639. The van der Waals surface area contributed by atoms with Gasteiger partial charge in [-0.15, -0.1) is 0 Å². The van der Waals surface area contributed by atoms with Gasteiger partial charge in [-0.1, -0.05) is 24.3 Å². The molecule has 0 amide bonds. The van der Waals surface area contributed by atoms with Gasteiger partial charge in [0.15, 0.2) is 0 Å². The zero-order valence-electron chi connectivity index (χ0n) is 6.83. The van der Waals surface area contributed by atoms with Gasteiger partial charge in [0, 0.05) is 0 Å². The second-order valence-corrected chi connectivity index (χ2v) is 1.33. The van der Waals surface area contributed by atoms with Gasteiger partial charge in [-0.3, -0.25) is 0 Å². The molecule has 0 unspecified atom stereocenters. The number of nitriles is 4. The third-order valence-electron chi connectivity index (χ3n) is 0.606. The van der Waals surface area contributed by atoms with Crippen molar-refractivity contribution < 1.29 is 16.8 Å². The van der Waals surface area contributed by atoms with E-state index in [9.17, 15) is 9.81 Å². The number of rotatable bonds is 2.